The second-order valence-corrected chi connectivity index (χ2v) is 9.37. The Labute approximate surface area is 175 Å². The quantitative estimate of drug-likeness (QED) is 0.539. The molecule has 7 nitrogen and oxygen atoms in total. The maximum Gasteiger partial charge on any atom is 0.410 e. The van der Waals surface area contributed by atoms with Crippen LogP contribution in [0, 0.1) is 5.92 Å². The fourth-order valence-electron chi connectivity index (χ4n) is 3.74. The highest BCUT2D eigenvalue weighted by molar-refractivity contribution is 7.98. The van der Waals surface area contributed by atoms with Gasteiger partial charge in [-0.2, -0.15) is 0 Å². The lowest BCUT2D eigenvalue weighted by Gasteiger charge is -2.38. The Morgan fingerprint density at radius 2 is 1.93 bits per heavy atom. The van der Waals surface area contributed by atoms with E-state index in [0.29, 0.717) is 18.7 Å². The number of hydrogen-bond acceptors (Lipinski definition) is 6. The first-order valence-corrected chi connectivity index (χ1v) is 11.0. The van der Waals surface area contributed by atoms with Crippen molar-refractivity contribution >= 4 is 34.9 Å². The lowest BCUT2D eigenvalue weighted by atomic mass is 10.0. The van der Waals surface area contributed by atoms with Crippen molar-refractivity contribution in [1.82, 2.24) is 14.5 Å². The third kappa shape index (κ3) is 4.08. The molecule has 29 heavy (non-hydrogen) atoms. The summed E-state index contributed by atoms with van der Waals surface area (Å²) >= 11 is 1.50. The molecule has 0 spiro atoms. The summed E-state index contributed by atoms with van der Waals surface area (Å²) in [6.45, 7) is 10.9. The van der Waals surface area contributed by atoms with E-state index in [2.05, 4.69) is 18.4 Å². The summed E-state index contributed by atoms with van der Waals surface area (Å²) < 4.78 is 12.7. The number of carbonyl (C=O) groups excluding carboxylic acids is 2. The van der Waals surface area contributed by atoms with E-state index in [9.17, 15) is 9.59 Å². The van der Waals surface area contributed by atoms with Crippen LogP contribution in [0.1, 0.15) is 56.8 Å². The summed E-state index contributed by atoms with van der Waals surface area (Å²) in [5.74, 6) is 0.595. The number of aromatic nitrogens is 2. The van der Waals surface area contributed by atoms with E-state index in [-0.39, 0.29) is 24.0 Å². The molecule has 0 saturated heterocycles. The largest absolute Gasteiger partial charge is 0.465 e. The molecule has 1 aromatic heterocycles. The van der Waals surface area contributed by atoms with E-state index in [4.69, 9.17) is 14.5 Å². The molecule has 1 aromatic carbocycles. The Hall–Kier alpha value is -2.22. The number of imidazole rings is 1. The van der Waals surface area contributed by atoms with Crippen LogP contribution in [0.2, 0.25) is 0 Å². The Bertz CT molecular complexity index is 946. The van der Waals surface area contributed by atoms with Crippen molar-refractivity contribution in [1.29, 1.82) is 0 Å². The van der Waals surface area contributed by atoms with Gasteiger partial charge in [-0.3, -0.25) is 4.90 Å². The van der Waals surface area contributed by atoms with Crippen molar-refractivity contribution in [3.05, 3.63) is 23.5 Å². The molecule has 2 heterocycles. The average molecular weight is 420 g/mol. The van der Waals surface area contributed by atoms with E-state index in [1.54, 1.807) is 11.0 Å². The van der Waals surface area contributed by atoms with Gasteiger partial charge in [-0.1, -0.05) is 13.8 Å². The molecule has 0 saturated carbocycles. The van der Waals surface area contributed by atoms with Crippen LogP contribution >= 0.6 is 11.8 Å². The number of rotatable bonds is 3. The molecule has 0 bridgehead atoms. The van der Waals surface area contributed by atoms with Crippen LogP contribution in [0.15, 0.2) is 17.0 Å². The zero-order valence-corrected chi connectivity index (χ0v) is 18.9. The number of thioether (sulfide) groups is 1. The van der Waals surface area contributed by atoms with Crippen LogP contribution < -0.4 is 0 Å². The Morgan fingerprint density at radius 3 is 2.48 bits per heavy atom. The summed E-state index contributed by atoms with van der Waals surface area (Å²) in [4.78, 5) is 32.5. The molecule has 3 rings (SSSR count). The van der Waals surface area contributed by atoms with Gasteiger partial charge in [0.2, 0.25) is 0 Å². The van der Waals surface area contributed by atoms with Crippen molar-refractivity contribution < 1.29 is 19.1 Å². The molecule has 158 valence electrons. The number of fused-ring (bicyclic) bond motifs is 3. The van der Waals surface area contributed by atoms with Gasteiger partial charge in [0.05, 0.1) is 29.7 Å². The number of hydrogen-bond donors (Lipinski definition) is 0. The van der Waals surface area contributed by atoms with Crippen LogP contribution in [-0.2, 0) is 16.0 Å². The molecule has 1 amide bonds. The number of nitrogens with zero attached hydrogens (tertiary/aromatic N) is 3. The Kier molecular flexibility index (Phi) is 5.85. The molecule has 8 heteroatoms. The summed E-state index contributed by atoms with van der Waals surface area (Å²) in [5.41, 5.74) is 1.65. The van der Waals surface area contributed by atoms with Gasteiger partial charge in [0.15, 0.2) is 0 Å². The first-order chi connectivity index (χ1) is 13.6. The maximum absolute atomic E-state index is 12.8. The predicted octanol–water partition coefficient (Wildman–Crippen LogP) is 4.49. The van der Waals surface area contributed by atoms with Crippen LogP contribution in [0.3, 0.4) is 0 Å². The number of benzene rings is 1. The topological polar surface area (TPSA) is 73.7 Å². The minimum absolute atomic E-state index is 0.151. The van der Waals surface area contributed by atoms with Crippen LogP contribution in [0.5, 0.6) is 0 Å². The number of esters is 1. The summed E-state index contributed by atoms with van der Waals surface area (Å²) in [6, 6.07) is 3.57. The van der Waals surface area contributed by atoms with Crippen LogP contribution in [0.25, 0.3) is 11.0 Å². The van der Waals surface area contributed by atoms with E-state index in [1.807, 2.05) is 33.1 Å². The first kappa shape index (κ1) is 21.5. The molecule has 1 aliphatic heterocycles. The number of ether oxygens (including phenoxy) is 2. The van der Waals surface area contributed by atoms with Crippen molar-refractivity contribution in [2.24, 2.45) is 5.92 Å². The molecule has 1 aliphatic rings. The van der Waals surface area contributed by atoms with Gasteiger partial charge < -0.3 is 14.0 Å². The fraction of sp³-hybridized carbons (Fsp3) is 0.571. The van der Waals surface area contributed by atoms with E-state index in [1.165, 1.54) is 18.9 Å². The van der Waals surface area contributed by atoms with E-state index < -0.39 is 5.60 Å². The number of carbonyl (C=O) groups is 2. The van der Waals surface area contributed by atoms with E-state index >= 15 is 0 Å². The zero-order valence-electron chi connectivity index (χ0n) is 18.1. The van der Waals surface area contributed by atoms with Gasteiger partial charge in [0.25, 0.3) is 0 Å². The first-order valence-electron chi connectivity index (χ1n) is 9.73. The van der Waals surface area contributed by atoms with Crippen molar-refractivity contribution in [2.75, 3.05) is 19.9 Å². The SMILES string of the molecule is COC(=O)c1cc2nc3n(c2cc1SC)CCN(C(=O)OC(C)(C)C)C3C(C)C. The van der Waals surface area contributed by atoms with Gasteiger partial charge in [-0.25, -0.2) is 14.6 Å². The maximum atomic E-state index is 12.8. The molecule has 0 radical (unpaired) electrons. The monoisotopic (exact) mass is 419 g/mol. The molecule has 0 N–H and O–H groups in total. The predicted molar refractivity (Wildman–Crippen MR) is 113 cm³/mol. The second-order valence-electron chi connectivity index (χ2n) is 8.52. The van der Waals surface area contributed by atoms with Gasteiger partial charge in [0.1, 0.15) is 11.4 Å². The zero-order chi connectivity index (χ0) is 21.5. The van der Waals surface area contributed by atoms with Gasteiger partial charge in [-0.05, 0) is 45.1 Å². The van der Waals surface area contributed by atoms with Crippen LogP contribution in [-0.4, -0.2) is 52.0 Å². The second kappa shape index (κ2) is 7.89. The third-order valence-corrected chi connectivity index (χ3v) is 5.71. The molecule has 0 fully saturated rings. The fourth-order valence-corrected chi connectivity index (χ4v) is 4.33. The summed E-state index contributed by atoms with van der Waals surface area (Å²) in [6.07, 6.45) is 1.61. The van der Waals surface area contributed by atoms with E-state index in [0.717, 1.165) is 21.8 Å². The highest BCUT2D eigenvalue weighted by Crippen LogP contribution is 2.37. The lowest BCUT2D eigenvalue weighted by molar-refractivity contribution is 0.00400. The smallest absolute Gasteiger partial charge is 0.410 e. The van der Waals surface area contributed by atoms with Crippen molar-refractivity contribution in [2.45, 2.75) is 57.7 Å². The standard InChI is InChI=1S/C21H29N3O4S/c1-12(2)17-18-22-14-10-13(19(25)27-6)16(29-7)11-15(14)23(18)8-9-24(17)20(26)28-21(3,4)5/h10-12,17H,8-9H2,1-7H3. The van der Waals surface area contributed by atoms with Crippen molar-refractivity contribution in [3.8, 4) is 0 Å². The summed E-state index contributed by atoms with van der Waals surface area (Å²) in [7, 11) is 1.38. The number of amides is 1. The molecular weight excluding hydrogens is 390 g/mol. The minimum Gasteiger partial charge on any atom is -0.465 e. The molecule has 0 aliphatic carbocycles. The van der Waals surface area contributed by atoms with Gasteiger partial charge in [-0.15, -0.1) is 11.8 Å². The molecule has 1 atom stereocenters. The number of methoxy groups -OCH3 is 1. The Balaban J connectivity index is 2.10. The third-order valence-electron chi connectivity index (χ3n) is 4.93. The van der Waals surface area contributed by atoms with Crippen molar-refractivity contribution in [3.63, 3.8) is 0 Å². The Morgan fingerprint density at radius 1 is 1.24 bits per heavy atom. The normalized spacial score (nSPS) is 16.8. The molecule has 1 unspecified atom stereocenters. The molecule has 2 aromatic rings. The highest BCUT2D eigenvalue weighted by Gasteiger charge is 2.38. The lowest BCUT2D eigenvalue weighted by Crippen LogP contribution is -2.46. The summed E-state index contributed by atoms with van der Waals surface area (Å²) in [5, 5.41) is 0. The molecular formula is C21H29N3O4S. The highest BCUT2D eigenvalue weighted by atomic mass is 32.2. The minimum atomic E-state index is -0.557. The van der Waals surface area contributed by atoms with Gasteiger partial charge in [0, 0.05) is 18.0 Å². The average Bonchev–Trinajstić information content (AvgIpc) is 3.01. The van der Waals surface area contributed by atoms with Gasteiger partial charge >= 0.3 is 12.1 Å². The van der Waals surface area contributed by atoms with Crippen LogP contribution in [0.4, 0.5) is 4.79 Å².